The third kappa shape index (κ3) is 4.25. The maximum atomic E-state index is 13.8. The Hall–Kier alpha value is -2.77. The lowest BCUT2D eigenvalue weighted by atomic mass is 10.1. The molecule has 0 fully saturated rings. The summed E-state index contributed by atoms with van der Waals surface area (Å²) in [7, 11) is 0. The zero-order valence-corrected chi connectivity index (χ0v) is 13.5. The molecular formula is C18H15F4NO3. The van der Waals surface area contributed by atoms with Crippen LogP contribution in [-0.2, 0) is 17.4 Å². The Kier molecular flexibility index (Phi) is 5.01. The number of amides is 1. The minimum absolute atomic E-state index is 0.0135. The molecule has 0 saturated carbocycles. The number of carbonyl (C=O) groups is 1. The number of fused-ring (bicyclic) bond motifs is 1. The van der Waals surface area contributed by atoms with Crippen LogP contribution in [0, 0.1) is 5.82 Å². The van der Waals surface area contributed by atoms with Crippen LogP contribution in [0.25, 0.3) is 0 Å². The summed E-state index contributed by atoms with van der Waals surface area (Å²) in [5.74, 6) is -0.267. The molecule has 1 heterocycles. The Labute approximate surface area is 146 Å². The van der Waals surface area contributed by atoms with E-state index in [9.17, 15) is 22.4 Å². The van der Waals surface area contributed by atoms with Crippen LogP contribution >= 0.6 is 0 Å². The highest BCUT2D eigenvalue weighted by molar-refractivity contribution is 5.91. The number of alkyl halides is 3. The lowest BCUT2D eigenvalue weighted by Crippen LogP contribution is -2.16. The number of hydrogen-bond acceptors (Lipinski definition) is 3. The van der Waals surface area contributed by atoms with Gasteiger partial charge >= 0.3 is 6.18 Å². The van der Waals surface area contributed by atoms with E-state index in [1.54, 1.807) is 18.2 Å². The maximum absolute atomic E-state index is 13.8. The number of ether oxygens (including phenoxy) is 2. The van der Waals surface area contributed by atoms with E-state index in [2.05, 4.69) is 5.32 Å². The van der Waals surface area contributed by atoms with Crippen molar-refractivity contribution in [3.63, 3.8) is 0 Å². The smallest absolute Gasteiger partial charge is 0.416 e. The minimum atomic E-state index is -4.60. The fourth-order valence-electron chi connectivity index (χ4n) is 2.52. The van der Waals surface area contributed by atoms with Gasteiger partial charge in [-0.15, -0.1) is 0 Å². The average molecular weight is 369 g/mol. The second-order valence-corrected chi connectivity index (χ2v) is 5.71. The number of benzene rings is 2. The first-order valence-corrected chi connectivity index (χ1v) is 7.88. The van der Waals surface area contributed by atoms with Crippen molar-refractivity contribution in [2.24, 2.45) is 0 Å². The van der Waals surface area contributed by atoms with Gasteiger partial charge in [0.15, 0.2) is 11.5 Å². The number of nitrogens with one attached hydrogen (secondary N) is 1. The average Bonchev–Trinajstić information content (AvgIpc) is 2.59. The standard InChI is InChI=1S/C18H15F4NO3/c19-14-9-12(18(20,21)22)3-1-11(14)2-6-17(24)23-13-4-5-15-16(10-13)26-8-7-25-15/h1,3-5,9-10H,2,6-8H2,(H,23,24). The first-order valence-electron chi connectivity index (χ1n) is 7.88. The molecule has 3 rings (SSSR count). The predicted molar refractivity (Wildman–Crippen MR) is 85.8 cm³/mol. The summed E-state index contributed by atoms with van der Waals surface area (Å²) < 4.78 is 62.1. The summed E-state index contributed by atoms with van der Waals surface area (Å²) in [5.41, 5.74) is -0.512. The van der Waals surface area contributed by atoms with E-state index in [-0.39, 0.29) is 24.3 Å². The zero-order valence-electron chi connectivity index (χ0n) is 13.5. The lowest BCUT2D eigenvalue weighted by Gasteiger charge is -2.19. The van der Waals surface area contributed by atoms with E-state index in [0.717, 1.165) is 12.1 Å². The molecule has 8 heteroatoms. The van der Waals surface area contributed by atoms with E-state index in [1.807, 2.05) is 0 Å². The third-order valence-corrected chi connectivity index (χ3v) is 3.83. The number of anilines is 1. The molecule has 2 aromatic rings. The van der Waals surface area contributed by atoms with Crippen molar-refractivity contribution in [1.82, 2.24) is 0 Å². The van der Waals surface area contributed by atoms with Crippen molar-refractivity contribution in [2.45, 2.75) is 19.0 Å². The van der Waals surface area contributed by atoms with Gasteiger partial charge in [0.1, 0.15) is 19.0 Å². The summed E-state index contributed by atoms with van der Waals surface area (Å²) in [5, 5.41) is 2.64. The summed E-state index contributed by atoms with van der Waals surface area (Å²) in [6.45, 7) is 0.870. The SMILES string of the molecule is O=C(CCc1ccc(C(F)(F)F)cc1F)Nc1ccc2c(c1)OCCO2. The van der Waals surface area contributed by atoms with E-state index in [4.69, 9.17) is 9.47 Å². The molecule has 138 valence electrons. The maximum Gasteiger partial charge on any atom is 0.416 e. The number of rotatable bonds is 4. The molecule has 0 bridgehead atoms. The van der Waals surface area contributed by atoms with Crippen LogP contribution < -0.4 is 14.8 Å². The summed E-state index contributed by atoms with van der Waals surface area (Å²) in [6, 6.07) is 7.22. The molecule has 4 nitrogen and oxygen atoms in total. The van der Waals surface area contributed by atoms with Crippen molar-refractivity contribution in [2.75, 3.05) is 18.5 Å². The molecule has 0 radical (unpaired) electrons. The van der Waals surface area contributed by atoms with E-state index in [1.165, 1.54) is 0 Å². The third-order valence-electron chi connectivity index (χ3n) is 3.83. The number of carbonyl (C=O) groups excluding carboxylic acids is 1. The van der Waals surface area contributed by atoms with Crippen LogP contribution in [0.15, 0.2) is 36.4 Å². The van der Waals surface area contributed by atoms with Crippen molar-refractivity contribution in [3.05, 3.63) is 53.3 Å². The van der Waals surface area contributed by atoms with Gasteiger partial charge < -0.3 is 14.8 Å². The van der Waals surface area contributed by atoms with Gasteiger partial charge in [-0.05, 0) is 36.2 Å². The van der Waals surface area contributed by atoms with Gasteiger partial charge in [-0.1, -0.05) is 6.07 Å². The number of aryl methyl sites for hydroxylation is 1. The normalized spacial score (nSPS) is 13.4. The van der Waals surface area contributed by atoms with Crippen LogP contribution in [0.4, 0.5) is 23.2 Å². The minimum Gasteiger partial charge on any atom is -0.486 e. The van der Waals surface area contributed by atoms with Gasteiger partial charge in [0.25, 0.3) is 0 Å². The molecule has 1 aliphatic heterocycles. The molecule has 1 amide bonds. The first kappa shape index (κ1) is 18.0. The van der Waals surface area contributed by atoms with E-state index < -0.39 is 17.6 Å². The summed E-state index contributed by atoms with van der Waals surface area (Å²) >= 11 is 0. The van der Waals surface area contributed by atoms with Crippen LogP contribution in [-0.4, -0.2) is 19.1 Å². The molecule has 0 aromatic heterocycles. The Morgan fingerprint density at radius 1 is 1.04 bits per heavy atom. The monoisotopic (exact) mass is 369 g/mol. The lowest BCUT2D eigenvalue weighted by molar-refractivity contribution is -0.137. The van der Waals surface area contributed by atoms with Crippen molar-refractivity contribution in [3.8, 4) is 11.5 Å². The van der Waals surface area contributed by atoms with Crippen LogP contribution in [0.1, 0.15) is 17.5 Å². The Bertz CT molecular complexity index is 821. The highest BCUT2D eigenvalue weighted by atomic mass is 19.4. The number of hydrogen-bond donors (Lipinski definition) is 1. The summed E-state index contributed by atoms with van der Waals surface area (Å²) in [6.07, 6.45) is -4.69. The predicted octanol–water partition coefficient (Wildman–Crippen LogP) is 4.19. The topological polar surface area (TPSA) is 47.6 Å². The fraction of sp³-hybridized carbons (Fsp3) is 0.278. The van der Waals surface area contributed by atoms with Gasteiger partial charge in [0, 0.05) is 18.2 Å². The molecule has 0 aliphatic carbocycles. The van der Waals surface area contributed by atoms with E-state index in [0.29, 0.717) is 36.5 Å². The zero-order chi connectivity index (χ0) is 18.7. The highest BCUT2D eigenvalue weighted by Gasteiger charge is 2.31. The summed E-state index contributed by atoms with van der Waals surface area (Å²) in [4.78, 5) is 12.0. The van der Waals surface area contributed by atoms with Crippen molar-refractivity contribution in [1.29, 1.82) is 0 Å². The molecule has 0 spiro atoms. The number of halogens is 4. The molecule has 1 N–H and O–H groups in total. The molecular weight excluding hydrogens is 354 g/mol. The van der Waals surface area contributed by atoms with Gasteiger partial charge in [0.05, 0.1) is 5.56 Å². The second-order valence-electron chi connectivity index (χ2n) is 5.71. The fourth-order valence-corrected chi connectivity index (χ4v) is 2.52. The van der Waals surface area contributed by atoms with Gasteiger partial charge in [-0.2, -0.15) is 13.2 Å². The van der Waals surface area contributed by atoms with Crippen molar-refractivity contribution >= 4 is 11.6 Å². The van der Waals surface area contributed by atoms with Gasteiger partial charge in [-0.3, -0.25) is 4.79 Å². The van der Waals surface area contributed by atoms with Crippen molar-refractivity contribution < 1.29 is 31.8 Å². The van der Waals surface area contributed by atoms with Crippen LogP contribution in [0.2, 0.25) is 0 Å². The van der Waals surface area contributed by atoms with E-state index >= 15 is 0 Å². The molecule has 2 aromatic carbocycles. The van der Waals surface area contributed by atoms with Crippen LogP contribution in [0.5, 0.6) is 11.5 Å². The first-order chi connectivity index (χ1) is 12.3. The highest BCUT2D eigenvalue weighted by Crippen LogP contribution is 2.33. The Balaban J connectivity index is 1.59. The molecule has 0 unspecified atom stereocenters. The van der Waals surface area contributed by atoms with Crippen LogP contribution in [0.3, 0.4) is 0 Å². The largest absolute Gasteiger partial charge is 0.486 e. The molecule has 26 heavy (non-hydrogen) atoms. The van der Waals surface area contributed by atoms with Gasteiger partial charge in [-0.25, -0.2) is 4.39 Å². The Morgan fingerprint density at radius 3 is 2.46 bits per heavy atom. The molecule has 0 atom stereocenters. The second kappa shape index (κ2) is 7.23. The Morgan fingerprint density at radius 2 is 1.77 bits per heavy atom. The molecule has 1 aliphatic rings. The molecule has 0 saturated heterocycles. The quantitative estimate of drug-likeness (QED) is 0.823. The van der Waals surface area contributed by atoms with Gasteiger partial charge in [0.2, 0.25) is 5.91 Å².